The Labute approximate surface area is 122 Å². The number of H-pyrrole nitrogens is 1. The summed E-state index contributed by atoms with van der Waals surface area (Å²) in [6.45, 7) is 3.84. The first kappa shape index (κ1) is 13.3. The number of furan rings is 1. The van der Waals surface area contributed by atoms with E-state index in [9.17, 15) is 0 Å². The lowest BCUT2D eigenvalue weighted by molar-refractivity contribution is 0.415. The van der Waals surface area contributed by atoms with Crippen LogP contribution in [0.1, 0.15) is 11.5 Å². The van der Waals surface area contributed by atoms with Crippen molar-refractivity contribution in [3.05, 3.63) is 41.9 Å². The first-order chi connectivity index (χ1) is 10.1. The Kier molecular flexibility index (Phi) is 3.17. The van der Waals surface area contributed by atoms with E-state index < -0.39 is 0 Å². The van der Waals surface area contributed by atoms with E-state index in [1.807, 2.05) is 44.2 Å². The predicted octanol–water partition coefficient (Wildman–Crippen LogP) is 3.54. The third-order valence-corrected chi connectivity index (χ3v) is 3.46. The topological polar surface area (TPSA) is 77.1 Å². The Hall–Kier alpha value is -2.69. The fourth-order valence-corrected chi connectivity index (χ4v) is 2.50. The predicted molar refractivity (Wildman–Crippen MR) is 82.2 cm³/mol. The van der Waals surface area contributed by atoms with E-state index in [0.717, 1.165) is 39.7 Å². The molecule has 3 rings (SSSR count). The van der Waals surface area contributed by atoms with Crippen LogP contribution in [0.4, 0.5) is 5.82 Å². The summed E-state index contributed by atoms with van der Waals surface area (Å²) in [5.41, 5.74) is 9.68. The Morgan fingerprint density at radius 1 is 1.24 bits per heavy atom. The maximum atomic E-state index is 6.05. The highest BCUT2D eigenvalue weighted by Crippen LogP contribution is 2.38. The molecule has 108 valence electrons. The number of hydrogen-bond donors (Lipinski definition) is 2. The van der Waals surface area contributed by atoms with Crippen LogP contribution in [0.3, 0.4) is 0 Å². The maximum Gasteiger partial charge on any atom is 0.153 e. The normalized spacial score (nSPS) is 10.8. The molecule has 21 heavy (non-hydrogen) atoms. The molecule has 5 heteroatoms. The Balaban J connectivity index is 2.19. The number of benzene rings is 1. The smallest absolute Gasteiger partial charge is 0.153 e. The molecule has 2 aromatic heterocycles. The van der Waals surface area contributed by atoms with Crippen molar-refractivity contribution >= 4 is 5.82 Å². The van der Waals surface area contributed by atoms with Crippen molar-refractivity contribution < 1.29 is 9.15 Å². The van der Waals surface area contributed by atoms with Gasteiger partial charge in [0.25, 0.3) is 0 Å². The lowest BCUT2D eigenvalue weighted by Crippen LogP contribution is -1.90. The highest BCUT2D eigenvalue weighted by atomic mass is 16.5. The van der Waals surface area contributed by atoms with Crippen molar-refractivity contribution in [1.82, 2.24) is 10.2 Å². The molecular formula is C16H17N3O2. The van der Waals surface area contributed by atoms with Crippen molar-refractivity contribution in [2.24, 2.45) is 0 Å². The number of nitrogens with two attached hydrogens (primary N) is 1. The first-order valence-corrected chi connectivity index (χ1v) is 6.66. The third-order valence-electron chi connectivity index (χ3n) is 3.46. The second kappa shape index (κ2) is 5.01. The van der Waals surface area contributed by atoms with Gasteiger partial charge in [0.15, 0.2) is 5.82 Å². The highest BCUT2D eigenvalue weighted by molar-refractivity contribution is 5.88. The minimum Gasteiger partial charge on any atom is -0.497 e. The van der Waals surface area contributed by atoms with Crippen molar-refractivity contribution in [1.29, 1.82) is 0 Å². The summed E-state index contributed by atoms with van der Waals surface area (Å²) in [4.78, 5) is 0. The Morgan fingerprint density at radius 2 is 2.05 bits per heavy atom. The molecule has 0 radical (unpaired) electrons. The molecule has 0 atom stereocenters. The van der Waals surface area contributed by atoms with Gasteiger partial charge in [0, 0.05) is 5.56 Å². The molecule has 0 aliphatic heterocycles. The lowest BCUT2D eigenvalue weighted by atomic mass is 10.0. The van der Waals surface area contributed by atoms with Gasteiger partial charge in [0.2, 0.25) is 0 Å². The number of anilines is 1. The van der Waals surface area contributed by atoms with Crippen molar-refractivity contribution in [2.75, 3.05) is 12.8 Å². The van der Waals surface area contributed by atoms with E-state index in [-0.39, 0.29) is 0 Å². The number of aromatic amines is 1. The fraction of sp³-hybridized carbons (Fsp3) is 0.188. The monoisotopic (exact) mass is 283 g/mol. The van der Waals surface area contributed by atoms with Crippen LogP contribution < -0.4 is 10.5 Å². The molecule has 0 aliphatic carbocycles. The first-order valence-electron chi connectivity index (χ1n) is 6.66. The zero-order chi connectivity index (χ0) is 15.0. The third kappa shape index (κ3) is 2.27. The molecule has 0 unspecified atom stereocenters. The van der Waals surface area contributed by atoms with Gasteiger partial charge in [-0.05, 0) is 37.6 Å². The number of nitrogens with one attached hydrogen (secondary N) is 1. The van der Waals surface area contributed by atoms with Crippen LogP contribution in [0.5, 0.6) is 5.75 Å². The Morgan fingerprint density at radius 3 is 2.71 bits per heavy atom. The molecule has 2 heterocycles. The van der Waals surface area contributed by atoms with Gasteiger partial charge >= 0.3 is 0 Å². The molecule has 5 nitrogen and oxygen atoms in total. The van der Waals surface area contributed by atoms with E-state index in [2.05, 4.69) is 10.2 Å². The molecule has 0 spiro atoms. The van der Waals surface area contributed by atoms with E-state index in [1.54, 1.807) is 7.11 Å². The summed E-state index contributed by atoms with van der Waals surface area (Å²) in [5, 5.41) is 7.15. The van der Waals surface area contributed by atoms with Gasteiger partial charge in [-0.15, -0.1) is 0 Å². The second-order valence-electron chi connectivity index (χ2n) is 4.92. The van der Waals surface area contributed by atoms with Crippen LogP contribution in [0.15, 0.2) is 34.7 Å². The van der Waals surface area contributed by atoms with Gasteiger partial charge in [0.05, 0.1) is 18.4 Å². The van der Waals surface area contributed by atoms with E-state index in [4.69, 9.17) is 14.9 Å². The summed E-state index contributed by atoms with van der Waals surface area (Å²) < 4.78 is 10.9. The van der Waals surface area contributed by atoms with Gasteiger partial charge in [-0.25, -0.2) is 0 Å². The molecule has 3 N–H and O–H groups in total. The van der Waals surface area contributed by atoms with Gasteiger partial charge < -0.3 is 14.9 Å². The standard InChI is InChI=1S/C16H17N3O2/c1-9-7-13(10(2)21-9)15-14(16(17)19-18-15)11-5-4-6-12(8-11)20-3/h4-8H,1-3H3,(H3,17,18,19). The summed E-state index contributed by atoms with van der Waals surface area (Å²) in [6.07, 6.45) is 0. The van der Waals surface area contributed by atoms with Crippen molar-refractivity contribution in [3.8, 4) is 28.1 Å². The average Bonchev–Trinajstić information content (AvgIpc) is 3.01. The molecule has 1 aromatic carbocycles. The van der Waals surface area contributed by atoms with Crippen LogP contribution in [0.25, 0.3) is 22.4 Å². The lowest BCUT2D eigenvalue weighted by Gasteiger charge is -2.06. The highest BCUT2D eigenvalue weighted by Gasteiger charge is 2.18. The molecule has 0 saturated carbocycles. The summed E-state index contributed by atoms with van der Waals surface area (Å²) in [7, 11) is 1.64. The molecule has 0 bridgehead atoms. The molecule has 0 fully saturated rings. The minimum absolute atomic E-state index is 0.455. The van der Waals surface area contributed by atoms with E-state index >= 15 is 0 Å². The van der Waals surface area contributed by atoms with Crippen LogP contribution in [0.2, 0.25) is 0 Å². The van der Waals surface area contributed by atoms with Gasteiger partial charge in [0.1, 0.15) is 17.3 Å². The minimum atomic E-state index is 0.455. The van der Waals surface area contributed by atoms with E-state index in [0.29, 0.717) is 5.82 Å². The van der Waals surface area contributed by atoms with Gasteiger partial charge in [-0.1, -0.05) is 12.1 Å². The van der Waals surface area contributed by atoms with E-state index in [1.165, 1.54) is 0 Å². The van der Waals surface area contributed by atoms with Crippen LogP contribution >= 0.6 is 0 Å². The van der Waals surface area contributed by atoms with Gasteiger partial charge in [-0.2, -0.15) is 5.10 Å². The molecule has 3 aromatic rings. The number of nitrogen functional groups attached to an aromatic ring is 1. The zero-order valence-corrected chi connectivity index (χ0v) is 12.2. The SMILES string of the molecule is COc1cccc(-c2c(N)n[nH]c2-c2cc(C)oc2C)c1. The largest absolute Gasteiger partial charge is 0.497 e. The van der Waals surface area contributed by atoms with Gasteiger partial charge in [-0.3, -0.25) is 5.10 Å². The molecule has 0 amide bonds. The summed E-state index contributed by atoms with van der Waals surface area (Å²) in [6, 6.07) is 9.72. The summed E-state index contributed by atoms with van der Waals surface area (Å²) in [5.74, 6) is 2.92. The van der Waals surface area contributed by atoms with Crippen LogP contribution in [-0.4, -0.2) is 17.3 Å². The number of methoxy groups -OCH3 is 1. The maximum absolute atomic E-state index is 6.05. The molecule has 0 saturated heterocycles. The van der Waals surface area contributed by atoms with Crippen LogP contribution in [0, 0.1) is 13.8 Å². The average molecular weight is 283 g/mol. The Bertz CT molecular complexity index is 787. The number of aryl methyl sites for hydroxylation is 2. The number of ether oxygens (including phenoxy) is 1. The summed E-state index contributed by atoms with van der Waals surface area (Å²) >= 11 is 0. The fourth-order valence-electron chi connectivity index (χ4n) is 2.50. The van der Waals surface area contributed by atoms with Crippen molar-refractivity contribution in [3.63, 3.8) is 0 Å². The van der Waals surface area contributed by atoms with Crippen molar-refractivity contribution in [2.45, 2.75) is 13.8 Å². The molecule has 0 aliphatic rings. The zero-order valence-electron chi connectivity index (χ0n) is 12.2. The number of nitrogens with zero attached hydrogens (tertiary/aromatic N) is 1. The second-order valence-corrected chi connectivity index (χ2v) is 4.92. The quantitative estimate of drug-likeness (QED) is 0.770. The molecular weight excluding hydrogens is 266 g/mol. The number of rotatable bonds is 3. The number of hydrogen-bond acceptors (Lipinski definition) is 4. The van der Waals surface area contributed by atoms with Crippen LogP contribution in [-0.2, 0) is 0 Å². The number of aromatic nitrogens is 2.